The standard InChI is InChI=1S/C17H31N4O3/c1-4-20(14(2)22)15-5-8-18(9-6-15)16-7-10-21(11-16)12-19(13-21)17(23)24-3/h15-16H,4-13H2,1-3H3/q+1. The molecule has 3 fully saturated rings. The molecule has 0 radical (unpaired) electrons. The van der Waals surface area contributed by atoms with Gasteiger partial charge in [-0.15, -0.1) is 0 Å². The molecule has 3 aliphatic heterocycles. The third kappa shape index (κ3) is 3.24. The van der Waals surface area contributed by atoms with E-state index in [1.165, 1.54) is 13.5 Å². The van der Waals surface area contributed by atoms with Crippen LogP contribution in [0.15, 0.2) is 0 Å². The summed E-state index contributed by atoms with van der Waals surface area (Å²) in [5.41, 5.74) is 0. The summed E-state index contributed by atoms with van der Waals surface area (Å²) in [6, 6.07) is 1.03. The van der Waals surface area contributed by atoms with Crippen LogP contribution >= 0.6 is 0 Å². The summed E-state index contributed by atoms with van der Waals surface area (Å²) in [4.78, 5) is 29.7. The number of hydrogen-bond donors (Lipinski definition) is 0. The highest BCUT2D eigenvalue weighted by molar-refractivity contribution is 5.73. The number of carbonyl (C=O) groups is 2. The van der Waals surface area contributed by atoms with Gasteiger partial charge in [0.1, 0.15) is 0 Å². The van der Waals surface area contributed by atoms with E-state index >= 15 is 0 Å². The van der Waals surface area contributed by atoms with Crippen LogP contribution in [0.5, 0.6) is 0 Å². The molecule has 0 aromatic carbocycles. The minimum atomic E-state index is -0.202. The molecule has 0 N–H and O–H groups in total. The first-order valence-corrected chi connectivity index (χ1v) is 9.17. The first-order valence-electron chi connectivity index (χ1n) is 9.17. The highest BCUT2D eigenvalue weighted by atomic mass is 16.5. The number of piperidine rings is 1. The summed E-state index contributed by atoms with van der Waals surface area (Å²) in [6.07, 6.45) is 3.17. The van der Waals surface area contributed by atoms with Gasteiger partial charge in [0, 0.05) is 39.0 Å². The molecule has 3 rings (SSSR count). The van der Waals surface area contributed by atoms with E-state index in [4.69, 9.17) is 4.74 Å². The molecule has 24 heavy (non-hydrogen) atoms. The van der Waals surface area contributed by atoms with Crippen LogP contribution in [-0.2, 0) is 9.53 Å². The number of methoxy groups -OCH3 is 1. The second kappa shape index (κ2) is 6.88. The van der Waals surface area contributed by atoms with Crippen LogP contribution in [0.1, 0.15) is 33.1 Å². The van der Waals surface area contributed by atoms with Crippen LogP contribution < -0.4 is 0 Å². The third-order valence-electron chi connectivity index (χ3n) is 6.11. The van der Waals surface area contributed by atoms with Gasteiger partial charge >= 0.3 is 6.09 Å². The van der Waals surface area contributed by atoms with Crippen LogP contribution in [-0.4, -0.2) is 96.4 Å². The van der Waals surface area contributed by atoms with E-state index in [-0.39, 0.29) is 12.0 Å². The van der Waals surface area contributed by atoms with Crippen LogP contribution in [0.2, 0.25) is 0 Å². The maximum atomic E-state index is 11.7. The quantitative estimate of drug-likeness (QED) is 0.717. The van der Waals surface area contributed by atoms with Crippen molar-refractivity contribution in [1.82, 2.24) is 14.7 Å². The largest absolute Gasteiger partial charge is 0.452 e. The zero-order valence-corrected chi connectivity index (χ0v) is 15.2. The molecule has 7 heteroatoms. The highest BCUT2D eigenvalue weighted by Gasteiger charge is 2.51. The zero-order valence-electron chi connectivity index (χ0n) is 15.2. The van der Waals surface area contributed by atoms with Gasteiger partial charge in [-0.1, -0.05) is 0 Å². The van der Waals surface area contributed by atoms with Crippen molar-refractivity contribution in [3.63, 3.8) is 0 Å². The number of carbonyl (C=O) groups excluding carboxylic acids is 2. The lowest BCUT2D eigenvalue weighted by molar-refractivity contribution is -0.982. The number of rotatable bonds is 3. The first kappa shape index (κ1) is 17.5. The van der Waals surface area contributed by atoms with E-state index in [1.807, 2.05) is 4.90 Å². The monoisotopic (exact) mass is 339 g/mol. The predicted octanol–water partition coefficient (Wildman–Crippen LogP) is 0.905. The Morgan fingerprint density at radius 3 is 2.42 bits per heavy atom. The summed E-state index contributed by atoms with van der Waals surface area (Å²) in [6.45, 7) is 10.6. The Bertz CT molecular complexity index is 484. The minimum Gasteiger partial charge on any atom is -0.452 e. The average Bonchev–Trinajstić information content (AvgIpc) is 2.99. The normalized spacial score (nSPS) is 27.1. The Kier molecular flexibility index (Phi) is 5.01. The summed E-state index contributed by atoms with van der Waals surface area (Å²) in [5.74, 6) is 0.199. The maximum Gasteiger partial charge on any atom is 0.418 e. The van der Waals surface area contributed by atoms with E-state index < -0.39 is 0 Å². The lowest BCUT2D eigenvalue weighted by atomic mass is 10.0. The topological polar surface area (TPSA) is 53.1 Å². The molecule has 3 heterocycles. The lowest BCUT2D eigenvalue weighted by Crippen LogP contribution is -2.70. The number of quaternary nitrogens is 1. The fourth-order valence-electron chi connectivity index (χ4n) is 4.84. The first-order chi connectivity index (χ1) is 11.5. The summed E-state index contributed by atoms with van der Waals surface area (Å²) in [7, 11) is 1.45. The van der Waals surface area contributed by atoms with Crippen molar-refractivity contribution in [2.75, 3.05) is 53.2 Å². The second-order valence-electron chi connectivity index (χ2n) is 7.56. The van der Waals surface area contributed by atoms with Crippen molar-refractivity contribution in [3.05, 3.63) is 0 Å². The molecule has 0 bridgehead atoms. The van der Waals surface area contributed by atoms with E-state index in [0.29, 0.717) is 12.1 Å². The molecule has 3 saturated heterocycles. The molecule has 1 atom stereocenters. The fraction of sp³-hybridized carbons (Fsp3) is 0.882. The molecule has 1 unspecified atom stereocenters. The number of amides is 2. The molecule has 1 spiro atoms. The predicted molar refractivity (Wildman–Crippen MR) is 90.0 cm³/mol. The molecule has 0 saturated carbocycles. The lowest BCUT2D eigenvalue weighted by Gasteiger charge is -2.49. The van der Waals surface area contributed by atoms with Crippen LogP contribution in [0, 0.1) is 0 Å². The third-order valence-corrected chi connectivity index (χ3v) is 6.11. The Balaban J connectivity index is 1.47. The van der Waals surface area contributed by atoms with E-state index in [9.17, 15) is 9.59 Å². The number of nitrogens with zero attached hydrogens (tertiary/aromatic N) is 4. The Morgan fingerprint density at radius 1 is 1.21 bits per heavy atom. The molecular weight excluding hydrogens is 308 g/mol. The Labute approximate surface area is 144 Å². The van der Waals surface area contributed by atoms with Gasteiger partial charge in [-0.25, -0.2) is 9.69 Å². The van der Waals surface area contributed by atoms with Crippen molar-refractivity contribution in [3.8, 4) is 0 Å². The van der Waals surface area contributed by atoms with Gasteiger partial charge < -0.3 is 9.64 Å². The van der Waals surface area contributed by atoms with Crippen LogP contribution in [0.3, 0.4) is 0 Å². The summed E-state index contributed by atoms with van der Waals surface area (Å²) < 4.78 is 5.83. The highest BCUT2D eigenvalue weighted by Crippen LogP contribution is 2.32. The molecule has 0 aromatic heterocycles. The average molecular weight is 339 g/mol. The molecule has 0 aromatic rings. The number of hydrogen-bond acceptors (Lipinski definition) is 4. The number of ether oxygens (including phenoxy) is 1. The SMILES string of the molecule is CCN(C(C)=O)C1CCN(C2CC[N+]3(C2)CN(C(=O)OC)C3)CC1. The number of likely N-dealkylation sites (tertiary alicyclic amines) is 1. The van der Waals surface area contributed by atoms with Crippen molar-refractivity contribution in [1.29, 1.82) is 0 Å². The van der Waals surface area contributed by atoms with Crippen molar-refractivity contribution >= 4 is 12.0 Å². The zero-order chi connectivity index (χ0) is 17.3. The van der Waals surface area contributed by atoms with Gasteiger partial charge in [0.05, 0.1) is 26.2 Å². The van der Waals surface area contributed by atoms with Gasteiger partial charge in [-0.2, -0.15) is 0 Å². The van der Waals surface area contributed by atoms with Gasteiger partial charge in [-0.05, 0) is 19.8 Å². The van der Waals surface area contributed by atoms with Crippen LogP contribution in [0.4, 0.5) is 4.79 Å². The molecule has 7 nitrogen and oxygen atoms in total. The molecule has 2 amide bonds. The maximum absolute atomic E-state index is 11.7. The fourth-order valence-corrected chi connectivity index (χ4v) is 4.84. The Morgan fingerprint density at radius 2 is 1.88 bits per heavy atom. The van der Waals surface area contributed by atoms with Crippen molar-refractivity contribution in [2.45, 2.75) is 45.2 Å². The van der Waals surface area contributed by atoms with Gasteiger partial charge in [0.25, 0.3) is 0 Å². The van der Waals surface area contributed by atoms with E-state index in [2.05, 4.69) is 11.8 Å². The molecular formula is C17H31N4O3+. The second-order valence-corrected chi connectivity index (χ2v) is 7.56. The minimum absolute atomic E-state index is 0.199. The van der Waals surface area contributed by atoms with Crippen molar-refractivity contribution < 1.29 is 18.8 Å². The van der Waals surface area contributed by atoms with Gasteiger partial charge in [0.2, 0.25) is 5.91 Å². The van der Waals surface area contributed by atoms with Crippen LogP contribution in [0.25, 0.3) is 0 Å². The summed E-state index contributed by atoms with van der Waals surface area (Å²) >= 11 is 0. The summed E-state index contributed by atoms with van der Waals surface area (Å²) in [5, 5.41) is 0. The van der Waals surface area contributed by atoms with E-state index in [1.54, 1.807) is 11.8 Å². The van der Waals surface area contributed by atoms with Crippen molar-refractivity contribution in [2.24, 2.45) is 0 Å². The molecule has 3 aliphatic rings. The molecule has 136 valence electrons. The smallest absolute Gasteiger partial charge is 0.418 e. The Hall–Kier alpha value is -1.34. The van der Waals surface area contributed by atoms with E-state index in [0.717, 1.165) is 63.4 Å². The van der Waals surface area contributed by atoms with Gasteiger partial charge in [0.15, 0.2) is 13.3 Å². The van der Waals surface area contributed by atoms with Gasteiger partial charge in [-0.3, -0.25) is 14.2 Å². The molecule has 0 aliphatic carbocycles.